The van der Waals surface area contributed by atoms with Gasteiger partial charge in [0, 0.05) is 12.0 Å². The van der Waals surface area contributed by atoms with Gasteiger partial charge in [0.1, 0.15) is 0 Å². The molecule has 2 aromatic rings. The first kappa shape index (κ1) is 11.6. The van der Waals surface area contributed by atoms with E-state index >= 15 is 0 Å². The number of nitrogens with one attached hydrogen (secondary N) is 1. The maximum absolute atomic E-state index is 5.02. The number of benzene rings is 1. The van der Waals surface area contributed by atoms with Crippen molar-refractivity contribution < 1.29 is 4.52 Å². The molecule has 4 heteroatoms. The fraction of sp³-hybridized carbons (Fsp3) is 0.385. The molecule has 17 heavy (non-hydrogen) atoms. The molecule has 1 aromatic carbocycles. The Balaban J connectivity index is 2.03. The van der Waals surface area contributed by atoms with Crippen molar-refractivity contribution in [1.82, 2.24) is 10.1 Å². The first-order valence-electron chi connectivity index (χ1n) is 5.68. The van der Waals surface area contributed by atoms with Gasteiger partial charge >= 0.3 is 6.01 Å². The van der Waals surface area contributed by atoms with Crippen molar-refractivity contribution >= 4 is 6.01 Å². The molecule has 0 aliphatic heterocycles. The van der Waals surface area contributed by atoms with Crippen LogP contribution >= 0.6 is 0 Å². The second-order valence-electron chi connectivity index (χ2n) is 4.75. The standard InChI is InChI=1S/C13H17N3O/c1-10-15-12(17-16-10)14-9-13(2,3)11-7-5-4-6-8-11/h4-8H,9H2,1-3H3,(H,14,15,16). The van der Waals surface area contributed by atoms with Gasteiger partial charge in [0.2, 0.25) is 0 Å². The Bertz CT molecular complexity index is 476. The van der Waals surface area contributed by atoms with Crippen LogP contribution in [0.15, 0.2) is 34.9 Å². The van der Waals surface area contributed by atoms with Crippen molar-refractivity contribution in [3.8, 4) is 0 Å². The molecule has 0 aliphatic carbocycles. The Kier molecular flexibility index (Phi) is 3.13. The maximum Gasteiger partial charge on any atom is 0.321 e. The van der Waals surface area contributed by atoms with Crippen molar-refractivity contribution in [1.29, 1.82) is 0 Å². The van der Waals surface area contributed by atoms with Gasteiger partial charge in [-0.05, 0) is 12.5 Å². The molecular formula is C13H17N3O. The van der Waals surface area contributed by atoms with E-state index in [2.05, 4.69) is 41.4 Å². The monoisotopic (exact) mass is 231 g/mol. The molecule has 4 nitrogen and oxygen atoms in total. The second kappa shape index (κ2) is 4.57. The molecule has 0 aliphatic rings. The van der Waals surface area contributed by atoms with E-state index in [1.165, 1.54) is 5.56 Å². The second-order valence-corrected chi connectivity index (χ2v) is 4.75. The van der Waals surface area contributed by atoms with Gasteiger partial charge in [-0.1, -0.05) is 49.3 Å². The van der Waals surface area contributed by atoms with E-state index in [1.807, 2.05) is 18.2 Å². The Morgan fingerprint density at radius 2 is 1.94 bits per heavy atom. The van der Waals surface area contributed by atoms with E-state index in [-0.39, 0.29) is 5.41 Å². The predicted molar refractivity (Wildman–Crippen MR) is 67.0 cm³/mol. The Hall–Kier alpha value is -1.84. The molecule has 0 bridgehead atoms. The van der Waals surface area contributed by atoms with Crippen LogP contribution in [0.1, 0.15) is 25.2 Å². The summed E-state index contributed by atoms with van der Waals surface area (Å²) in [5.41, 5.74) is 1.30. The van der Waals surface area contributed by atoms with Crippen LogP contribution in [0.5, 0.6) is 0 Å². The molecule has 1 heterocycles. The average molecular weight is 231 g/mol. The zero-order valence-corrected chi connectivity index (χ0v) is 10.4. The first-order chi connectivity index (χ1) is 8.08. The van der Waals surface area contributed by atoms with E-state index in [9.17, 15) is 0 Å². The molecule has 0 saturated heterocycles. The van der Waals surface area contributed by atoms with Crippen LogP contribution in [0.2, 0.25) is 0 Å². The van der Waals surface area contributed by atoms with Gasteiger partial charge in [-0.2, -0.15) is 4.98 Å². The highest BCUT2D eigenvalue weighted by Crippen LogP contribution is 2.23. The molecule has 2 rings (SSSR count). The topological polar surface area (TPSA) is 51.0 Å². The lowest BCUT2D eigenvalue weighted by atomic mass is 9.85. The molecule has 0 atom stereocenters. The summed E-state index contributed by atoms with van der Waals surface area (Å²) in [5.74, 6) is 0.644. The van der Waals surface area contributed by atoms with Crippen LogP contribution in [-0.4, -0.2) is 16.7 Å². The molecule has 90 valence electrons. The first-order valence-corrected chi connectivity index (χ1v) is 5.68. The molecule has 1 N–H and O–H groups in total. The van der Waals surface area contributed by atoms with E-state index in [1.54, 1.807) is 6.92 Å². The number of nitrogens with zero attached hydrogens (tertiary/aromatic N) is 2. The summed E-state index contributed by atoms with van der Waals surface area (Å²) in [5, 5.41) is 6.91. The van der Waals surface area contributed by atoms with Crippen molar-refractivity contribution in [2.45, 2.75) is 26.2 Å². The van der Waals surface area contributed by atoms with Crippen LogP contribution in [0.25, 0.3) is 0 Å². The molecule has 0 fully saturated rings. The minimum absolute atomic E-state index is 0.0175. The molecule has 0 radical (unpaired) electrons. The molecular weight excluding hydrogens is 214 g/mol. The zero-order valence-electron chi connectivity index (χ0n) is 10.4. The van der Waals surface area contributed by atoms with Gasteiger partial charge in [0.25, 0.3) is 0 Å². The summed E-state index contributed by atoms with van der Waals surface area (Å²) >= 11 is 0. The van der Waals surface area contributed by atoms with Gasteiger partial charge < -0.3 is 9.84 Å². The van der Waals surface area contributed by atoms with Crippen LogP contribution in [0, 0.1) is 6.92 Å². The highest BCUT2D eigenvalue weighted by atomic mass is 16.5. The summed E-state index contributed by atoms with van der Waals surface area (Å²) in [7, 11) is 0. The summed E-state index contributed by atoms with van der Waals surface area (Å²) in [6.45, 7) is 6.91. The third-order valence-electron chi connectivity index (χ3n) is 2.76. The average Bonchev–Trinajstić information content (AvgIpc) is 2.74. The fourth-order valence-electron chi connectivity index (χ4n) is 1.66. The summed E-state index contributed by atoms with van der Waals surface area (Å²) in [6, 6.07) is 10.9. The number of hydrogen-bond acceptors (Lipinski definition) is 4. The predicted octanol–water partition coefficient (Wildman–Crippen LogP) is 2.77. The highest BCUT2D eigenvalue weighted by molar-refractivity contribution is 5.28. The van der Waals surface area contributed by atoms with Crippen molar-refractivity contribution in [2.75, 3.05) is 11.9 Å². The largest absolute Gasteiger partial charge is 0.337 e. The minimum Gasteiger partial charge on any atom is -0.337 e. The fourth-order valence-corrected chi connectivity index (χ4v) is 1.66. The summed E-state index contributed by atoms with van der Waals surface area (Å²) in [4.78, 5) is 4.12. The van der Waals surface area contributed by atoms with Crippen molar-refractivity contribution in [3.63, 3.8) is 0 Å². The third kappa shape index (κ3) is 2.84. The number of aryl methyl sites for hydroxylation is 1. The number of anilines is 1. The van der Waals surface area contributed by atoms with Crippen LogP contribution < -0.4 is 5.32 Å². The quantitative estimate of drug-likeness (QED) is 0.879. The highest BCUT2D eigenvalue weighted by Gasteiger charge is 2.20. The summed E-state index contributed by atoms with van der Waals surface area (Å²) in [6.07, 6.45) is 0. The Morgan fingerprint density at radius 1 is 1.24 bits per heavy atom. The van der Waals surface area contributed by atoms with Gasteiger partial charge in [-0.25, -0.2) is 0 Å². The lowest BCUT2D eigenvalue weighted by Crippen LogP contribution is -2.27. The molecule has 0 amide bonds. The number of rotatable bonds is 4. The smallest absolute Gasteiger partial charge is 0.321 e. The normalized spacial score (nSPS) is 11.5. The van der Waals surface area contributed by atoms with Crippen molar-refractivity contribution in [2.24, 2.45) is 0 Å². The summed E-state index contributed by atoms with van der Waals surface area (Å²) < 4.78 is 5.02. The van der Waals surface area contributed by atoms with Gasteiger partial charge in [0.15, 0.2) is 5.82 Å². The lowest BCUT2D eigenvalue weighted by Gasteiger charge is -2.24. The molecule has 0 spiro atoms. The van der Waals surface area contributed by atoms with E-state index in [4.69, 9.17) is 4.52 Å². The van der Waals surface area contributed by atoms with Crippen molar-refractivity contribution in [3.05, 3.63) is 41.7 Å². The SMILES string of the molecule is Cc1noc(NCC(C)(C)c2ccccc2)n1. The molecule has 0 saturated carbocycles. The van der Waals surface area contributed by atoms with Crippen LogP contribution in [0.3, 0.4) is 0 Å². The number of aromatic nitrogens is 2. The van der Waals surface area contributed by atoms with E-state index in [0.29, 0.717) is 11.8 Å². The van der Waals surface area contributed by atoms with Gasteiger partial charge in [-0.15, -0.1) is 0 Å². The van der Waals surface area contributed by atoms with E-state index in [0.717, 1.165) is 6.54 Å². The Labute approximate surface area is 101 Å². The minimum atomic E-state index is 0.0175. The zero-order chi connectivity index (χ0) is 12.3. The number of hydrogen-bond donors (Lipinski definition) is 1. The Morgan fingerprint density at radius 3 is 2.53 bits per heavy atom. The molecule has 1 aromatic heterocycles. The van der Waals surface area contributed by atoms with Gasteiger partial charge in [-0.3, -0.25) is 0 Å². The maximum atomic E-state index is 5.02. The van der Waals surface area contributed by atoms with Crippen LogP contribution in [-0.2, 0) is 5.41 Å². The molecule has 0 unspecified atom stereocenters. The van der Waals surface area contributed by atoms with Gasteiger partial charge in [0.05, 0.1) is 0 Å². The van der Waals surface area contributed by atoms with Crippen LogP contribution in [0.4, 0.5) is 6.01 Å². The lowest BCUT2D eigenvalue weighted by molar-refractivity contribution is 0.420. The van der Waals surface area contributed by atoms with E-state index < -0.39 is 0 Å². The third-order valence-corrected chi connectivity index (χ3v) is 2.76.